The van der Waals surface area contributed by atoms with Gasteiger partial charge in [-0.1, -0.05) is 0 Å². The Hall–Kier alpha value is -1.20. The summed E-state index contributed by atoms with van der Waals surface area (Å²) in [6, 6.07) is 2.92. The number of hydrogen-bond acceptors (Lipinski definition) is 2. The lowest BCUT2D eigenvalue weighted by atomic mass is 10.2. The number of rotatable bonds is 4. The first-order chi connectivity index (χ1) is 7.49. The molecular formula is C11H15ClF2N2O. The summed E-state index contributed by atoms with van der Waals surface area (Å²) in [5, 5.41) is 2.36. The summed E-state index contributed by atoms with van der Waals surface area (Å²) in [6.45, 7) is 1.78. The number of nitrogens with one attached hydrogen (secondary N) is 1. The van der Waals surface area contributed by atoms with Crippen LogP contribution >= 0.6 is 12.4 Å². The van der Waals surface area contributed by atoms with E-state index in [0.29, 0.717) is 6.42 Å². The topological polar surface area (TPSA) is 55.1 Å². The van der Waals surface area contributed by atoms with E-state index in [1.165, 1.54) is 6.07 Å². The first-order valence-corrected chi connectivity index (χ1v) is 4.99. The summed E-state index contributed by atoms with van der Waals surface area (Å²) in [6.07, 6.45) is 0.739. The normalized spacial score (nSPS) is 11.5. The molecule has 0 spiro atoms. The smallest absolute Gasteiger partial charge is 0.224 e. The second-order valence-electron chi connectivity index (χ2n) is 3.69. The zero-order valence-electron chi connectivity index (χ0n) is 9.37. The van der Waals surface area contributed by atoms with Gasteiger partial charge in [-0.2, -0.15) is 0 Å². The molecule has 0 aromatic heterocycles. The van der Waals surface area contributed by atoms with Gasteiger partial charge in [0, 0.05) is 18.5 Å². The molecule has 0 saturated heterocycles. The maximum atomic E-state index is 13.1. The van der Waals surface area contributed by atoms with Crippen LogP contribution in [-0.2, 0) is 4.79 Å². The van der Waals surface area contributed by atoms with Crippen LogP contribution in [0, 0.1) is 11.6 Å². The van der Waals surface area contributed by atoms with Gasteiger partial charge in [-0.05, 0) is 25.5 Å². The van der Waals surface area contributed by atoms with E-state index in [4.69, 9.17) is 5.73 Å². The summed E-state index contributed by atoms with van der Waals surface area (Å²) in [5.74, 6) is -1.79. The number of halogens is 3. The fourth-order valence-electron chi connectivity index (χ4n) is 1.16. The number of benzene rings is 1. The van der Waals surface area contributed by atoms with Gasteiger partial charge in [-0.25, -0.2) is 8.78 Å². The molecular weight excluding hydrogens is 250 g/mol. The Labute approximate surface area is 105 Å². The van der Waals surface area contributed by atoms with Gasteiger partial charge in [0.25, 0.3) is 0 Å². The lowest BCUT2D eigenvalue weighted by Crippen LogP contribution is -2.19. The number of nitrogens with two attached hydrogens (primary N) is 1. The molecule has 0 saturated carbocycles. The van der Waals surface area contributed by atoms with Crippen LogP contribution in [0.3, 0.4) is 0 Å². The number of hydrogen-bond donors (Lipinski definition) is 2. The quantitative estimate of drug-likeness (QED) is 0.878. The number of amides is 1. The Kier molecular flexibility index (Phi) is 6.68. The minimum absolute atomic E-state index is 0. The lowest BCUT2D eigenvalue weighted by Gasteiger charge is -2.07. The number of carbonyl (C=O) groups excluding carboxylic acids is 1. The van der Waals surface area contributed by atoms with Gasteiger partial charge in [0.2, 0.25) is 5.91 Å². The van der Waals surface area contributed by atoms with Gasteiger partial charge in [-0.3, -0.25) is 4.79 Å². The van der Waals surface area contributed by atoms with Crippen LogP contribution < -0.4 is 11.1 Å². The van der Waals surface area contributed by atoms with Crippen LogP contribution in [0.2, 0.25) is 0 Å². The maximum Gasteiger partial charge on any atom is 0.224 e. The molecule has 0 aliphatic heterocycles. The highest BCUT2D eigenvalue weighted by Crippen LogP contribution is 2.15. The number of carbonyl (C=O) groups is 1. The summed E-state index contributed by atoms with van der Waals surface area (Å²) in [7, 11) is 0. The molecule has 96 valence electrons. The SMILES string of the molecule is CC(N)CCC(=O)Nc1ccc(F)cc1F.Cl. The highest BCUT2D eigenvalue weighted by Gasteiger charge is 2.08. The molecule has 1 unspecified atom stereocenters. The van der Waals surface area contributed by atoms with Crippen LogP contribution in [0.15, 0.2) is 18.2 Å². The average Bonchev–Trinajstić information content (AvgIpc) is 2.19. The van der Waals surface area contributed by atoms with Gasteiger partial charge in [0.1, 0.15) is 11.6 Å². The molecule has 3 N–H and O–H groups in total. The van der Waals surface area contributed by atoms with E-state index >= 15 is 0 Å². The summed E-state index contributed by atoms with van der Waals surface area (Å²) in [5.41, 5.74) is 5.46. The van der Waals surface area contributed by atoms with Crippen molar-refractivity contribution in [2.75, 3.05) is 5.32 Å². The molecule has 0 heterocycles. The fraction of sp³-hybridized carbons (Fsp3) is 0.364. The predicted molar refractivity (Wildman–Crippen MR) is 65.1 cm³/mol. The molecule has 0 radical (unpaired) electrons. The van der Waals surface area contributed by atoms with E-state index in [0.717, 1.165) is 12.1 Å². The van der Waals surface area contributed by atoms with Gasteiger partial charge in [-0.15, -0.1) is 12.4 Å². The van der Waals surface area contributed by atoms with E-state index in [1.807, 2.05) is 0 Å². The zero-order valence-corrected chi connectivity index (χ0v) is 10.2. The Bertz CT molecular complexity index is 386. The van der Waals surface area contributed by atoms with Crippen LogP contribution in [0.4, 0.5) is 14.5 Å². The average molecular weight is 265 g/mol. The van der Waals surface area contributed by atoms with Crippen molar-refractivity contribution in [3.05, 3.63) is 29.8 Å². The summed E-state index contributed by atoms with van der Waals surface area (Å²) < 4.78 is 25.7. The van der Waals surface area contributed by atoms with E-state index in [1.54, 1.807) is 6.92 Å². The summed E-state index contributed by atoms with van der Waals surface area (Å²) >= 11 is 0. The third kappa shape index (κ3) is 5.60. The molecule has 1 aromatic rings. The second kappa shape index (κ2) is 7.19. The van der Waals surface area contributed by atoms with Crippen molar-refractivity contribution in [1.82, 2.24) is 0 Å². The third-order valence-electron chi connectivity index (χ3n) is 2.03. The maximum absolute atomic E-state index is 13.1. The van der Waals surface area contributed by atoms with Gasteiger partial charge in [0.05, 0.1) is 5.69 Å². The third-order valence-corrected chi connectivity index (χ3v) is 2.03. The molecule has 1 amide bonds. The minimum Gasteiger partial charge on any atom is -0.328 e. The minimum atomic E-state index is -0.783. The molecule has 17 heavy (non-hydrogen) atoms. The largest absolute Gasteiger partial charge is 0.328 e. The standard InChI is InChI=1S/C11H14F2N2O.ClH/c1-7(14)2-5-11(16)15-10-4-3-8(12)6-9(10)13;/h3-4,6-7H,2,5,14H2,1H3,(H,15,16);1H. The van der Waals surface area contributed by atoms with Crippen LogP contribution in [0.1, 0.15) is 19.8 Å². The molecule has 1 rings (SSSR count). The van der Waals surface area contributed by atoms with Crippen molar-refractivity contribution >= 4 is 24.0 Å². The number of anilines is 1. The Morgan fingerprint density at radius 2 is 2.12 bits per heavy atom. The zero-order chi connectivity index (χ0) is 12.1. The van der Waals surface area contributed by atoms with Gasteiger partial charge in [0.15, 0.2) is 0 Å². The molecule has 3 nitrogen and oxygen atoms in total. The highest BCUT2D eigenvalue weighted by atomic mass is 35.5. The summed E-state index contributed by atoms with van der Waals surface area (Å²) in [4.78, 5) is 11.3. The van der Waals surface area contributed by atoms with Crippen LogP contribution in [0.25, 0.3) is 0 Å². The Morgan fingerprint density at radius 1 is 1.47 bits per heavy atom. The molecule has 1 aromatic carbocycles. The van der Waals surface area contributed by atoms with E-state index < -0.39 is 11.6 Å². The van der Waals surface area contributed by atoms with Crippen molar-refractivity contribution in [2.24, 2.45) is 5.73 Å². The first kappa shape index (κ1) is 15.8. The first-order valence-electron chi connectivity index (χ1n) is 4.99. The van der Waals surface area contributed by atoms with Crippen LogP contribution in [0.5, 0.6) is 0 Å². The van der Waals surface area contributed by atoms with Crippen molar-refractivity contribution in [3.63, 3.8) is 0 Å². The highest BCUT2D eigenvalue weighted by molar-refractivity contribution is 5.90. The predicted octanol–water partition coefficient (Wildman–Crippen LogP) is 2.45. The second-order valence-corrected chi connectivity index (χ2v) is 3.69. The van der Waals surface area contributed by atoms with Crippen LogP contribution in [-0.4, -0.2) is 11.9 Å². The van der Waals surface area contributed by atoms with Crippen molar-refractivity contribution in [2.45, 2.75) is 25.8 Å². The lowest BCUT2D eigenvalue weighted by molar-refractivity contribution is -0.116. The molecule has 0 aliphatic rings. The molecule has 1 atom stereocenters. The molecule has 0 aliphatic carbocycles. The Morgan fingerprint density at radius 3 is 2.65 bits per heavy atom. The van der Waals surface area contributed by atoms with Gasteiger partial charge >= 0.3 is 0 Å². The van der Waals surface area contributed by atoms with Crippen molar-refractivity contribution in [3.8, 4) is 0 Å². The Balaban J connectivity index is 0.00000256. The monoisotopic (exact) mass is 264 g/mol. The van der Waals surface area contributed by atoms with Crippen molar-refractivity contribution in [1.29, 1.82) is 0 Å². The van der Waals surface area contributed by atoms with Gasteiger partial charge < -0.3 is 11.1 Å². The van der Waals surface area contributed by atoms with E-state index in [9.17, 15) is 13.6 Å². The fourth-order valence-corrected chi connectivity index (χ4v) is 1.16. The van der Waals surface area contributed by atoms with E-state index in [-0.39, 0.29) is 36.5 Å². The molecule has 6 heteroatoms. The van der Waals surface area contributed by atoms with Crippen molar-refractivity contribution < 1.29 is 13.6 Å². The molecule has 0 bridgehead atoms. The van der Waals surface area contributed by atoms with E-state index in [2.05, 4.69) is 5.32 Å². The molecule has 0 fully saturated rings.